The molecule has 0 spiro atoms. The van der Waals surface area contributed by atoms with Crippen LogP contribution in [0.15, 0.2) is 55.8 Å². The third-order valence-electron chi connectivity index (χ3n) is 5.31. The number of hydrogen-bond donors (Lipinski definition) is 0. The van der Waals surface area contributed by atoms with Crippen LogP contribution in [0.25, 0.3) is 6.08 Å². The van der Waals surface area contributed by atoms with Crippen LogP contribution in [0.4, 0.5) is 0 Å². The zero-order valence-electron chi connectivity index (χ0n) is 19.9. The van der Waals surface area contributed by atoms with Crippen LogP contribution in [-0.4, -0.2) is 30.2 Å². The Kier molecular flexibility index (Phi) is 6.74. The van der Waals surface area contributed by atoms with Crippen molar-refractivity contribution in [2.24, 2.45) is 4.99 Å². The molecule has 1 aromatic carbocycles. The van der Waals surface area contributed by atoms with Crippen molar-refractivity contribution in [1.29, 1.82) is 0 Å². The third-order valence-corrected chi connectivity index (χ3v) is 6.29. The van der Waals surface area contributed by atoms with Gasteiger partial charge in [-0.15, -0.1) is 0 Å². The number of fused-ring (bicyclic) bond motifs is 1. The molecule has 2 aromatic heterocycles. The highest BCUT2D eigenvalue weighted by Gasteiger charge is 2.34. The lowest BCUT2D eigenvalue weighted by Crippen LogP contribution is -2.39. The molecule has 3 aromatic rings. The molecule has 0 radical (unpaired) electrons. The molecular weight excluding hydrogens is 472 g/mol. The number of hydrogen-bond acceptors (Lipinski definition) is 9. The molecule has 35 heavy (non-hydrogen) atoms. The Morgan fingerprint density at radius 3 is 2.60 bits per heavy atom. The molecule has 0 saturated carbocycles. The van der Waals surface area contributed by atoms with E-state index in [-0.39, 0.29) is 29.2 Å². The van der Waals surface area contributed by atoms with Crippen molar-refractivity contribution >= 4 is 29.4 Å². The van der Waals surface area contributed by atoms with Crippen molar-refractivity contribution in [2.45, 2.75) is 33.7 Å². The first-order valence-electron chi connectivity index (χ1n) is 10.9. The lowest BCUT2D eigenvalue weighted by atomic mass is 9.95. The van der Waals surface area contributed by atoms with Crippen molar-refractivity contribution in [2.75, 3.05) is 13.7 Å². The molecule has 0 aliphatic carbocycles. The van der Waals surface area contributed by atoms with Gasteiger partial charge in [0.15, 0.2) is 16.3 Å². The van der Waals surface area contributed by atoms with E-state index >= 15 is 0 Å². The lowest BCUT2D eigenvalue weighted by Gasteiger charge is -2.25. The van der Waals surface area contributed by atoms with Gasteiger partial charge < -0.3 is 18.6 Å². The molecule has 0 amide bonds. The molecule has 10 heteroatoms. The van der Waals surface area contributed by atoms with Crippen LogP contribution < -0.4 is 24.4 Å². The third kappa shape index (κ3) is 4.69. The summed E-state index contributed by atoms with van der Waals surface area (Å²) in [6, 6.07) is 7.63. The van der Waals surface area contributed by atoms with Crippen LogP contribution in [0.5, 0.6) is 11.5 Å². The van der Waals surface area contributed by atoms with Crippen LogP contribution in [0.2, 0.25) is 0 Å². The second-order valence-corrected chi connectivity index (χ2v) is 8.76. The summed E-state index contributed by atoms with van der Waals surface area (Å²) in [5.41, 5.74) is 0.918. The van der Waals surface area contributed by atoms with E-state index in [9.17, 15) is 14.4 Å². The van der Waals surface area contributed by atoms with Crippen LogP contribution >= 0.6 is 11.3 Å². The molecule has 0 saturated heterocycles. The summed E-state index contributed by atoms with van der Waals surface area (Å²) in [7, 11) is 1.44. The van der Waals surface area contributed by atoms with Gasteiger partial charge in [0.2, 0.25) is 0 Å². The fraction of sp³-hybridized carbons (Fsp3) is 0.280. The van der Waals surface area contributed by atoms with E-state index in [2.05, 4.69) is 4.99 Å². The number of aryl methyl sites for hydroxylation is 1. The average molecular weight is 497 g/mol. The van der Waals surface area contributed by atoms with Crippen LogP contribution in [0.1, 0.15) is 43.9 Å². The quantitative estimate of drug-likeness (QED) is 0.381. The molecule has 3 heterocycles. The fourth-order valence-electron chi connectivity index (χ4n) is 3.86. The average Bonchev–Trinajstić information content (AvgIpc) is 3.35. The number of esters is 2. The summed E-state index contributed by atoms with van der Waals surface area (Å²) in [5, 5.41) is 0. The Morgan fingerprint density at radius 1 is 1.20 bits per heavy atom. The molecule has 1 aliphatic rings. The summed E-state index contributed by atoms with van der Waals surface area (Å²) in [6.45, 7) is 6.69. The van der Waals surface area contributed by atoms with Gasteiger partial charge in [0.25, 0.3) is 5.56 Å². The zero-order valence-corrected chi connectivity index (χ0v) is 20.7. The normalized spacial score (nSPS) is 15.5. The predicted molar refractivity (Wildman–Crippen MR) is 128 cm³/mol. The first-order chi connectivity index (χ1) is 16.7. The van der Waals surface area contributed by atoms with E-state index in [1.54, 1.807) is 44.2 Å². The predicted octanol–water partition coefficient (Wildman–Crippen LogP) is 2.63. The minimum atomic E-state index is -0.828. The molecule has 9 nitrogen and oxygen atoms in total. The maximum Gasteiger partial charge on any atom is 0.338 e. The summed E-state index contributed by atoms with van der Waals surface area (Å²) >= 11 is 1.20. The summed E-state index contributed by atoms with van der Waals surface area (Å²) in [5.74, 6) is 0.699. The smallest absolute Gasteiger partial charge is 0.338 e. The summed E-state index contributed by atoms with van der Waals surface area (Å²) in [4.78, 5) is 43.0. The lowest BCUT2D eigenvalue weighted by molar-refractivity contribution is -0.139. The number of carbonyl (C=O) groups excluding carboxylic acids is 2. The van der Waals surface area contributed by atoms with Crippen LogP contribution in [0, 0.1) is 6.92 Å². The Balaban J connectivity index is 1.95. The van der Waals surface area contributed by atoms with Gasteiger partial charge in [0, 0.05) is 13.0 Å². The number of carbonyl (C=O) groups is 2. The molecule has 4 rings (SSSR count). The largest absolute Gasteiger partial charge is 0.493 e. The van der Waals surface area contributed by atoms with Gasteiger partial charge in [-0.3, -0.25) is 14.2 Å². The number of thiazole rings is 1. The van der Waals surface area contributed by atoms with Crippen molar-refractivity contribution < 1.29 is 28.2 Å². The SMILES string of the molecule is CCOC(=O)C1=C(C)N=c2s/c(=C/c3ccc(C)o3)c(=O)n2[C@H]1c1ccc(OC(C)=O)c(OC)c1. The van der Waals surface area contributed by atoms with E-state index in [1.165, 1.54) is 29.9 Å². The van der Waals surface area contributed by atoms with Crippen molar-refractivity contribution in [1.82, 2.24) is 4.57 Å². The van der Waals surface area contributed by atoms with Gasteiger partial charge in [0.05, 0.1) is 35.6 Å². The van der Waals surface area contributed by atoms with E-state index in [0.717, 1.165) is 5.76 Å². The Bertz CT molecular complexity index is 1520. The van der Waals surface area contributed by atoms with Gasteiger partial charge in [-0.05, 0) is 50.6 Å². The van der Waals surface area contributed by atoms with E-state index < -0.39 is 18.0 Å². The van der Waals surface area contributed by atoms with Crippen molar-refractivity contribution in [3.63, 3.8) is 0 Å². The molecule has 182 valence electrons. The van der Waals surface area contributed by atoms with Gasteiger partial charge in [0.1, 0.15) is 11.5 Å². The fourth-order valence-corrected chi connectivity index (χ4v) is 4.89. The topological polar surface area (TPSA) is 109 Å². The maximum absolute atomic E-state index is 13.6. The minimum Gasteiger partial charge on any atom is -0.493 e. The summed E-state index contributed by atoms with van der Waals surface area (Å²) < 4.78 is 23.4. The monoisotopic (exact) mass is 496 g/mol. The second kappa shape index (κ2) is 9.75. The molecule has 0 unspecified atom stereocenters. The van der Waals surface area contributed by atoms with Crippen LogP contribution in [0.3, 0.4) is 0 Å². The molecule has 1 aliphatic heterocycles. The number of benzene rings is 1. The number of nitrogens with zero attached hydrogens (tertiary/aromatic N) is 2. The van der Waals surface area contributed by atoms with Gasteiger partial charge in [-0.2, -0.15) is 0 Å². The first kappa shape index (κ1) is 24.2. The zero-order chi connectivity index (χ0) is 25.3. The number of furan rings is 1. The highest BCUT2D eigenvalue weighted by molar-refractivity contribution is 7.07. The Hall–Kier alpha value is -3.92. The minimum absolute atomic E-state index is 0.166. The van der Waals surface area contributed by atoms with Gasteiger partial charge >= 0.3 is 11.9 Å². The number of rotatable bonds is 6. The Labute approximate surface area is 204 Å². The molecular formula is C25H24N2O7S. The number of allylic oxidation sites excluding steroid dienone is 1. The van der Waals surface area contributed by atoms with Crippen molar-refractivity contribution in [3.8, 4) is 11.5 Å². The molecule has 0 bridgehead atoms. The number of methoxy groups -OCH3 is 1. The highest BCUT2D eigenvalue weighted by atomic mass is 32.1. The standard InChI is InChI=1S/C25H24N2O7S/c1-6-32-24(30)21-14(3)26-25-27(23(29)20(35-25)12-17-9-7-13(2)33-17)22(21)16-8-10-18(34-15(4)28)19(11-16)31-5/h7-12,22H,6H2,1-5H3/b20-12+/t22-/m0/s1. The highest BCUT2D eigenvalue weighted by Crippen LogP contribution is 2.36. The number of ether oxygens (including phenoxy) is 3. The molecule has 0 N–H and O–H groups in total. The maximum atomic E-state index is 13.6. The first-order valence-corrected chi connectivity index (χ1v) is 11.7. The molecule has 0 fully saturated rings. The Morgan fingerprint density at radius 2 is 1.97 bits per heavy atom. The second-order valence-electron chi connectivity index (χ2n) is 7.75. The summed E-state index contributed by atoms with van der Waals surface area (Å²) in [6.07, 6.45) is 1.65. The van der Waals surface area contributed by atoms with E-state index in [4.69, 9.17) is 18.6 Å². The number of aromatic nitrogens is 1. The van der Waals surface area contributed by atoms with Crippen molar-refractivity contribution in [3.05, 3.63) is 78.4 Å². The van der Waals surface area contributed by atoms with Crippen LogP contribution in [-0.2, 0) is 14.3 Å². The van der Waals surface area contributed by atoms with E-state index in [0.29, 0.717) is 26.4 Å². The van der Waals surface area contributed by atoms with Gasteiger partial charge in [-0.1, -0.05) is 17.4 Å². The van der Waals surface area contributed by atoms with Gasteiger partial charge in [-0.25, -0.2) is 9.79 Å². The molecule has 1 atom stereocenters. The van der Waals surface area contributed by atoms with E-state index in [1.807, 2.05) is 13.0 Å².